The Kier molecular flexibility index (Phi) is 6.71. The van der Waals surface area contributed by atoms with Crippen LogP contribution in [0.15, 0.2) is 107 Å². The molecule has 5 rings (SSSR count). The van der Waals surface area contributed by atoms with Gasteiger partial charge in [0.05, 0.1) is 12.3 Å². The summed E-state index contributed by atoms with van der Waals surface area (Å²) >= 11 is 0. The zero-order chi connectivity index (χ0) is 25.8. The second-order valence-corrected chi connectivity index (χ2v) is 8.47. The number of rotatable bonds is 7. The standard InChI is InChI=1S/C27H27N7O3/c1-3-37-27(36)22-17-29-25-21(32(2)18-19-10-5-4-6-11-19)16-23(31-34(22)25)30-20-12-9-15-33(26(20)35)24-13-7-8-14-28-24/h4-17,25,29H,3,18H2,1-2H3,(H,30,31). The summed E-state index contributed by atoms with van der Waals surface area (Å²) < 4.78 is 6.69. The first-order valence-corrected chi connectivity index (χ1v) is 11.9. The van der Waals surface area contributed by atoms with E-state index in [0.29, 0.717) is 23.9 Å². The fourth-order valence-electron chi connectivity index (χ4n) is 4.21. The number of nitrogens with one attached hydrogen (secondary N) is 2. The molecule has 0 fully saturated rings. The number of benzene rings is 1. The van der Waals surface area contributed by atoms with E-state index in [1.54, 1.807) is 54.8 Å². The van der Waals surface area contributed by atoms with Crippen molar-refractivity contribution in [2.45, 2.75) is 19.6 Å². The van der Waals surface area contributed by atoms with E-state index in [-0.39, 0.29) is 17.9 Å². The number of esters is 1. The molecular formula is C27H27N7O3. The summed E-state index contributed by atoms with van der Waals surface area (Å²) in [5.41, 5.74) is 2.31. The molecule has 2 aliphatic rings. The molecule has 3 aromatic rings. The molecule has 0 bridgehead atoms. The van der Waals surface area contributed by atoms with Crippen LogP contribution in [-0.4, -0.2) is 51.1 Å². The molecule has 0 radical (unpaired) electrons. The SMILES string of the molecule is CCOC(=O)C1=CNC2C(N(C)Cc3ccccc3)=CC(Nc3cccn(-c4ccccn4)c3=O)=NN12. The molecule has 2 N–H and O–H groups in total. The van der Waals surface area contributed by atoms with Gasteiger partial charge < -0.3 is 20.3 Å². The fourth-order valence-corrected chi connectivity index (χ4v) is 4.21. The summed E-state index contributed by atoms with van der Waals surface area (Å²) in [6.07, 6.45) is 6.37. The molecule has 4 heterocycles. The number of amidine groups is 1. The predicted molar refractivity (Wildman–Crippen MR) is 140 cm³/mol. The average Bonchev–Trinajstić information content (AvgIpc) is 3.35. The van der Waals surface area contributed by atoms with Crippen LogP contribution < -0.4 is 16.2 Å². The number of likely N-dealkylation sites (N-methyl/N-ethyl adjacent to an activating group) is 1. The lowest BCUT2D eigenvalue weighted by atomic mass is 10.1. The van der Waals surface area contributed by atoms with Crippen LogP contribution in [0.3, 0.4) is 0 Å². The third-order valence-electron chi connectivity index (χ3n) is 5.94. The molecular weight excluding hydrogens is 470 g/mol. The van der Waals surface area contributed by atoms with Gasteiger partial charge in [-0.1, -0.05) is 36.4 Å². The molecule has 0 spiro atoms. The van der Waals surface area contributed by atoms with E-state index in [9.17, 15) is 9.59 Å². The maximum absolute atomic E-state index is 13.2. The summed E-state index contributed by atoms with van der Waals surface area (Å²) in [6.45, 7) is 2.64. The van der Waals surface area contributed by atoms with Crippen molar-refractivity contribution >= 4 is 17.5 Å². The van der Waals surface area contributed by atoms with Gasteiger partial charge in [0.25, 0.3) is 5.56 Å². The topological polar surface area (TPSA) is 104 Å². The van der Waals surface area contributed by atoms with Gasteiger partial charge in [-0.3, -0.25) is 9.36 Å². The second-order valence-electron chi connectivity index (χ2n) is 8.47. The monoisotopic (exact) mass is 497 g/mol. The number of hydrogen-bond donors (Lipinski definition) is 2. The van der Waals surface area contributed by atoms with E-state index in [0.717, 1.165) is 11.3 Å². The number of nitrogens with zero attached hydrogens (tertiary/aromatic N) is 5. The van der Waals surface area contributed by atoms with Crippen molar-refractivity contribution in [1.82, 2.24) is 24.8 Å². The first-order valence-electron chi connectivity index (χ1n) is 11.9. The van der Waals surface area contributed by atoms with Crippen LogP contribution in [0, 0.1) is 0 Å². The molecule has 1 unspecified atom stereocenters. The van der Waals surface area contributed by atoms with Crippen molar-refractivity contribution in [3.05, 3.63) is 113 Å². The number of anilines is 1. The van der Waals surface area contributed by atoms with Gasteiger partial charge in [0, 0.05) is 38.3 Å². The molecule has 0 aliphatic carbocycles. The highest BCUT2D eigenvalue weighted by molar-refractivity contribution is 6.05. The van der Waals surface area contributed by atoms with Crippen LogP contribution in [-0.2, 0) is 16.1 Å². The highest BCUT2D eigenvalue weighted by Crippen LogP contribution is 2.28. The van der Waals surface area contributed by atoms with Crippen molar-refractivity contribution in [1.29, 1.82) is 0 Å². The van der Waals surface area contributed by atoms with Gasteiger partial charge in [-0.15, -0.1) is 0 Å². The summed E-state index contributed by atoms with van der Waals surface area (Å²) in [5, 5.41) is 12.6. The first kappa shape index (κ1) is 23.9. The molecule has 188 valence electrons. The summed E-state index contributed by atoms with van der Waals surface area (Å²) in [5.74, 6) is 0.433. The fraction of sp³-hybridized carbons (Fsp3) is 0.185. The molecule has 37 heavy (non-hydrogen) atoms. The minimum Gasteiger partial charge on any atom is -0.461 e. The Morgan fingerprint density at radius 2 is 1.95 bits per heavy atom. The van der Waals surface area contributed by atoms with E-state index in [2.05, 4.69) is 37.8 Å². The van der Waals surface area contributed by atoms with E-state index < -0.39 is 12.1 Å². The van der Waals surface area contributed by atoms with E-state index in [1.807, 2.05) is 37.4 Å². The Balaban J connectivity index is 1.49. The smallest absolute Gasteiger partial charge is 0.358 e. The van der Waals surface area contributed by atoms with Crippen LogP contribution in [0.25, 0.3) is 5.82 Å². The third kappa shape index (κ3) is 4.94. The normalized spacial score (nSPS) is 16.1. The van der Waals surface area contributed by atoms with E-state index in [1.165, 1.54) is 4.57 Å². The number of hydrogen-bond acceptors (Lipinski definition) is 9. The number of carbonyl (C=O) groups excluding carboxylic acids is 1. The lowest BCUT2D eigenvalue weighted by molar-refractivity contribution is -0.140. The minimum absolute atomic E-state index is 0.247. The van der Waals surface area contributed by atoms with Crippen LogP contribution in [0.4, 0.5) is 5.69 Å². The zero-order valence-electron chi connectivity index (χ0n) is 20.5. The van der Waals surface area contributed by atoms with Crippen molar-refractivity contribution in [2.75, 3.05) is 19.0 Å². The molecule has 10 nitrogen and oxygen atoms in total. The van der Waals surface area contributed by atoms with Crippen LogP contribution in [0.5, 0.6) is 0 Å². The highest BCUT2D eigenvalue weighted by Gasteiger charge is 2.37. The number of pyridine rings is 2. The van der Waals surface area contributed by atoms with Gasteiger partial charge in [-0.25, -0.2) is 14.8 Å². The number of aromatic nitrogens is 2. The van der Waals surface area contributed by atoms with Crippen molar-refractivity contribution < 1.29 is 9.53 Å². The maximum atomic E-state index is 13.2. The molecule has 0 saturated carbocycles. The van der Waals surface area contributed by atoms with Gasteiger partial charge in [-0.05, 0) is 36.8 Å². The molecule has 1 aromatic carbocycles. The second kappa shape index (κ2) is 10.4. The Labute approximate surface area is 214 Å². The largest absolute Gasteiger partial charge is 0.461 e. The number of fused-ring (bicyclic) bond motifs is 1. The van der Waals surface area contributed by atoms with E-state index in [4.69, 9.17) is 4.74 Å². The predicted octanol–water partition coefficient (Wildman–Crippen LogP) is 2.62. The van der Waals surface area contributed by atoms with Gasteiger partial charge in [0.15, 0.2) is 17.7 Å². The van der Waals surface area contributed by atoms with Gasteiger partial charge in [0.2, 0.25) is 0 Å². The lowest BCUT2D eigenvalue weighted by Crippen LogP contribution is -2.45. The van der Waals surface area contributed by atoms with E-state index >= 15 is 0 Å². The van der Waals surface area contributed by atoms with Gasteiger partial charge in [-0.2, -0.15) is 5.10 Å². The maximum Gasteiger partial charge on any atom is 0.358 e. The summed E-state index contributed by atoms with van der Waals surface area (Å²) in [6, 6.07) is 18.9. The Hall–Kier alpha value is -4.86. The quantitative estimate of drug-likeness (QED) is 0.480. The van der Waals surface area contributed by atoms with Crippen molar-refractivity contribution in [3.63, 3.8) is 0 Å². The van der Waals surface area contributed by atoms with Gasteiger partial charge >= 0.3 is 5.97 Å². The number of hydrazone groups is 1. The molecule has 2 aromatic heterocycles. The Morgan fingerprint density at radius 3 is 2.70 bits per heavy atom. The summed E-state index contributed by atoms with van der Waals surface area (Å²) in [7, 11) is 1.97. The lowest BCUT2D eigenvalue weighted by Gasteiger charge is -2.35. The van der Waals surface area contributed by atoms with Crippen molar-refractivity contribution in [2.24, 2.45) is 5.10 Å². The van der Waals surface area contributed by atoms with Crippen LogP contribution in [0.2, 0.25) is 0 Å². The molecule has 0 amide bonds. The first-order chi connectivity index (χ1) is 18.0. The Morgan fingerprint density at radius 1 is 1.14 bits per heavy atom. The van der Waals surface area contributed by atoms with Crippen molar-refractivity contribution in [3.8, 4) is 5.82 Å². The number of ether oxygens (including phenoxy) is 1. The third-order valence-corrected chi connectivity index (χ3v) is 5.94. The Bertz CT molecular complexity index is 1430. The molecule has 1 atom stereocenters. The number of carbonyl (C=O) groups is 1. The zero-order valence-corrected chi connectivity index (χ0v) is 20.5. The molecule has 0 saturated heterocycles. The van der Waals surface area contributed by atoms with Crippen LogP contribution >= 0.6 is 0 Å². The molecule has 10 heteroatoms. The minimum atomic E-state index is -0.482. The van der Waals surface area contributed by atoms with Crippen LogP contribution in [0.1, 0.15) is 12.5 Å². The van der Waals surface area contributed by atoms with Gasteiger partial charge in [0.1, 0.15) is 11.5 Å². The highest BCUT2D eigenvalue weighted by atomic mass is 16.5. The summed E-state index contributed by atoms with van der Waals surface area (Å²) in [4.78, 5) is 32.2. The average molecular weight is 498 g/mol. The molecule has 2 aliphatic heterocycles.